The molecule has 14 aromatic carbocycles. The van der Waals surface area contributed by atoms with Crippen molar-refractivity contribution in [2.24, 2.45) is 0 Å². The lowest BCUT2D eigenvalue weighted by Crippen LogP contribution is -2.01. The molecule has 542 valence electrons. The lowest BCUT2D eigenvalue weighted by molar-refractivity contribution is -0.109. The van der Waals surface area contributed by atoms with Crippen LogP contribution in [0.15, 0.2) is 328 Å². The van der Waals surface area contributed by atoms with E-state index in [-0.39, 0.29) is 5.12 Å². The Morgan fingerprint density at radius 2 is 0.595 bits per heavy atom. The summed E-state index contributed by atoms with van der Waals surface area (Å²) in [4.78, 5) is 27.5. The molecule has 17 aromatic rings. The van der Waals surface area contributed by atoms with Gasteiger partial charge in [-0.25, -0.2) is 15.0 Å². The average molecular weight is 1460 g/mol. The van der Waals surface area contributed by atoms with Gasteiger partial charge in [-0.1, -0.05) is 288 Å². The highest BCUT2D eigenvalue weighted by molar-refractivity contribution is 8.13. The van der Waals surface area contributed by atoms with Gasteiger partial charge in [-0.3, -0.25) is 4.79 Å². The quantitative estimate of drug-likeness (QED) is 0.0503. The predicted octanol–water partition coefficient (Wildman–Crippen LogP) is 27.9. The summed E-state index contributed by atoms with van der Waals surface area (Å²) in [6.07, 6.45) is 12.1. The first-order valence-corrected chi connectivity index (χ1v) is 40.2. The molecule has 0 amide bonds. The second kappa shape index (κ2) is 32.8. The molecule has 0 bridgehead atoms. The average Bonchev–Trinajstić information content (AvgIpc) is 1.59. The van der Waals surface area contributed by atoms with Crippen LogP contribution in [-0.2, 0) is 4.79 Å². The molecule has 0 aliphatic carbocycles. The number of carbonyl (C=O) groups is 1. The van der Waals surface area contributed by atoms with Crippen molar-refractivity contribution in [2.75, 3.05) is 12.4 Å². The fourth-order valence-corrected chi connectivity index (χ4v) is 16.7. The van der Waals surface area contributed by atoms with E-state index in [9.17, 15) is 4.79 Å². The maximum Gasteiger partial charge on any atom is 0.185 e. The van der Waals surface area contributed by atoms with E-state index in [1.807, 2.05) is 0 Å². The molecule has 0 atom stereocenters. The highest BCUT2D eigenvalue weighted by atomic mass is 32.2. The van der Waals surface area contributed by atoms with Gasteiger partial charge in [0.05, 0.1) is 28.7 Å². The number of thioether (sulfide) groups is 1. The normalized spacial score (nSPS) is 11.5. The molecule has 0 saturated heterocycles. The molecule has 0 aliphatic heterocycles. The number of carbonyl (C=O) groups excluding carboxylic acids is 1. The Balaban J connectivity index is 0.691. The van der Waals surface area contributed by atoms with Gasteiger partial charge in [-0.15, -0.1) is 0 Å². The maximum atomic E-state index is 11.2. The third-order valence-electron chi connectivity index (χ3n) is 21.8. The molecule has 0 saturated carbocycles. The smallest absolute Gasteiger partial charge is 0.185 e. The van der Waals surface area contributed by atoms with Crippen molar-refractivity contribution < 1.29 is 9.53 Å². The van der Waals surface area contributed by atoms with Gasteiger partial charge >= 0.3 is 0 Å². The SMILES string of the molecule is CC(=O)SCCCCCCCCCCCCOc1cccc(-c2cccc(-c3nc(-c4cccc(-c5ccc(-n6c7ccc(-c8ccccc8)cc7c7cc(-c8ccccc8)ccc76)cc5C)c4)nc(-c4cccc(-c5ccc(-n6c7ccc(-c8ccccc8)cc7c7cc(-c8ccccc8)ccc76)cc5C)c4)n3)c2)c1. The highest BCUT2D eigenvalue weighted by Gasteiger charge is 2.21. The molecule has 0 spiro atoms. The van der Waals surface area contributed by atoms with E-state index in [1.54, 1.807) is 6.92 Å². The van der Waals surface area contributed by atoms with E-state index >= 15 is 0 Å². The Morgan fingerprint density at radius 1 is 0.288 bits per heavy atom. The first-order chi connectivity index (χ1) is 54.7. The zero-order valence-corrected chi connectivity index (χ0v) is 63.9. The van der Waals surface area contributed by atoms with Crippen molar-refractivity contribution in [1.82, 2.24) is 24.1 Å². The molecule has 111 heavy (non-hydrogen) atoms. The summed E-state index contributed by atoms with van der Waals surface area (Å²) in [5, 5.41) is 5.07. The lowest BCUT2D eigenvalue weighted by atomic mass is 9.97. The summed E-state index contributed by atoms with van der Waals surface area (Å²) in [6.45, 7) is 6.78. The predicted molar refractivity (Wildman–Crippen MR) is 467 cm³/mol. The molecular weight excluding hydrogens is 1370 g/mol. The minimum absolute atomic E-state index is 0.225. The zero-order chi connectivity index (χ0) is 75.0. The number of aryl methyl sites for hydroxylation is 2. The molecular formula is C103H87N5O2S. The Bertz CT molecular complexity index is 5720. The van der Waals surface area contributed by atoms with Gasteiger partial charge in [-0.05, 0) is 219 Å². The Kier molecular flexibility index (Phi) is 21.1. The van der Waals surface area contributed by atoms with E-state index in [0.717, 1.165) is 125 Å². The molecule has 0 aliphatic rings. The van der Waals surface area contributed by atoms with Gasteiger partial charge < -0.3 is 13.9 Å². The minimum Gasteiger partial charge on any atom is -0.494 e. The van der Waals surface area contributed by atoms with Crippen molar-refractivity contribution in [3.05, 3.63) is 339 Å². The summed E-state index contributed by atoms with van der Waals surface area (Å²) >= 11 is 1.45. The molecule has 3 heterocycles. The second-order valence-electron chi connectivity index (χ2n) is 29.4. The van der Waals surface area contributed by atoms with Crippen LogP contribution in [0, 0.1) is 13.8 Å². The van der Waals surface area contributed by atoms with Crippen molar-refractivity contribution >= 4 is 60.5 Å². The molecule has 7 nitrogen and oxygen atoms in total. The fourth-order valence-electron chi connectivity index (χ4n) is 16.1. The van der Waals surface area contributed by atoms with Crippen molar-refractivity contribution in [2.45, 2.75) is 85.0 Å². The van der Waals surface area contributed by atoms with E-state index in [1.165, 1.54) is 123 Å². The number of nitrogens with zero attached hydrogens (tertiary/aromatic N) is 5. The monoisotopic (exact) mass is 1460 g/mol. The van der Waals surface area contributed by atoms with Gasteiger partial charge in [0.25, 0.3) is 0 Å². The van der Waals surface area contributed by atoms with Crippen LogP contribution < -0.4 is 4.74 Å². The largest absolute Gasteiger partial charge is 0.494 e. The fraction of sp³-hybridized carbons (Fsp3) is 0.146. The number of hydrogen-bond acceptors (Lipinski definition) is 6. The summed E-state index contributed by atoms with van der Waals surface area (Å²) < 4.78 is 11.3. The Labute approximate surface area is 655 Å². The van der Waals surface area contributed by atoms with Crippen LogP contribution in [0.5, 0.6) is 5.75 Å². The number of rotatable bonds is 26. The van der Waals surface area contributed by atoms with E-state index < -0.39 is 0 Å². The third kappa shape index (κ3) is 15.6. The third-order valence-corrected chi connectivity index (χ3v) is 22.7. The molecule has 8 heteroatoms. The summed E-state index contributed by atoms with van der Waals surface area (Å²) in [6, 6.07) is 118. The maximum absolute atomic E-state index is 11.2. The number of fused-ring (bicyclic) bond motifs is 6. The zero-order valence-electron chi connectivity index (χ0n) is 63.1. The van der Waals surface area contributed by atoms with E-state index in [4.69, 9.17) is 19.7 Å². The van der Waals surface area contributed by atoms with Crippen LogP contribution in [0.1, 0.15) is 82.3 Å². The standard InChI is InChI=1S/C103H87N5O2S/c1-70-60-88(107-97-54-46-79(73-30-16-12-17-31-73)66-93(97)94-67-80(47-55-98(94)107)74-32-18-13-19-33-74)50-52-91(70)83-40-27-43-86(63-83)102-104-101(85-42-26-38-77(62-85)78-39-29-45-90(65-78)110-58-24-10-8-6-4-5-7-9-11-25-59-111-72(3)109)105-103(106-102)87-44-28-41-84(64-87)92-53-51-89(61-71(92)2)108-99-56-48-81(75-34-20-14-21-35-75)68-95(99)96-69-82(49-57-100(96)108)76-36-22-15-23-37-76/h12-23,26-57,60-69H,4-11,24-25,58-59H2,1-3H3. The van der Waals surface area contributed by atoms with E-state index in [2.05, 4.69) is 351 Å². The highest BCUT2D eigenvalue weighted by Crippen LogP contribution is 2.42. The van der Waals surface area contributed by atoms with Crippen LogP contribution in [-0.4, -0.2) is 41.6 Å². The van der Waals surface area contributed by atoms with Gasteiger partial charge in [0.2, 0.25) is 0 Å². The second-order valence-corrected chi connectivity index (χ2v) is 30.6. The van der Waals surface area contributed by atoms with Crippen molar-refractivity contribution in [3.8, 4) is 129 Å². The topological polar surface area (TPSA) is 74.8 Å². The minimum atomic E-state index is 0.225. The Morgan fingerprint density at radius 3 is 0.964 bits per heavy atom. The molecule has 0 radical (unpaired) electrons. The first-order valence-electron chi connectivity index (χ1n) is 39.2. The summed E-state index contributed by atoms with van der Waals surface area (Å²) in [5.74, 6) is 3.56. The first kappa shape index (κ1) is 71.4. The number of aromatic nitrogens is 5. The van der Waals surface area contributed by atoms with Crippen LogP contribution in [0.25, 0.3) is 167 Å². The van der Waals surface area contributed by atoms with Crippen LogP contribution in [0.3, 0.4) is 0 Å². The van der Waals surface area contributed by atoms with Crippen molar-refractivity contribution in [1.29, 1.82) is 0 Å². The van der Waals surface area contributed by atoms with Gasteiger partial charge in [0, 0.05) is 62.3 Å². The molecule has 3 aromatic heterocycles. The lowest BCUT2D eigenvalue weighted by Gasteiger charge is -2.14. The number of hydrogen-bond donors (Lipinski definition) is 0. The van der Waals surface area contributed by atoms with Gasteiger partial charge in [0.1, 0.15) is 5.75 Å². The molecule has 0 unspecified atom stereocenters. The molecule has 17 rings (SSSR count). The molecule has 0 N–H and O–H groups in total. The summed E-state index contributed by atoms with van der Waals surface area (Å²) in [7, 11) is 0. The summed E-state index contributed by atoms with van der Waals surface area (Å²) in [5.41, 5.74) is 27.8. The van der Waals surface area contributed by atoms with Crippen molar-refractivity contribution in [3.63, 3.8) is 0 Å². The van der Waals surface area contributed by atoms with Crippen LogP contribution in [0.2, 0.25) is 0 Å². The van der Waals surface area contributed by atoms with Crippen LogP contribution in [0.4, 0.5) is 0 Å². The number of unbranched alkanes of at least 4 members (excludes halogenated alkanes) is 9. The van der Waals surface area contributed by atoms with Gasteiger partial charge in [0.15, 0.2) is 22.6 Å². The number of ether oxygens (including phenoxy) is 1. The number of benzene rings is 14. The Hall–Kier alpha value is -12.5. The van der Waals surface area contributed by atoms with Gasteiger partial charge in [-0.2, -0.15) is 0 Å². The van der Waals surface area contributed by atoms with E-state index in [0.29, 0.717) is 24.1 Å². The molecule has 0 fully saturated rings. The van der Waals surface area contributed by atoms with Crippen LogP contribution >= 0.6 is 11.8 Å².